The van der Waals surface area contributed by atoms with Crippen molar-refractivity contribution in [3.8, 4) is 0 Å². The molecule has 0 heterocycles. The highest BCUT2D eigenvalue weighted by atomic mass is 16.5. The molecule has 0 spiro atoms. The normalized spacial score (nSPS) is 30.9. The molecule has 2 nitrogen and oxygen atoms in total. The summed E-state index contributed by atoms with van der Waals surface area (Å²) in [4.78, 5) is 0. The second-order valence-electron chi connectivity index (χ2n) is 7.25. The Labute approximate surface area is 108 Å². The fourth-order valence-corrected chi connectivity index (χ4v) is 2.78. The van der Waals surface area contributed by atoms with E-state index in [0.29, 0.717) is 6.10 Å². The van der Waals surface area contributed by atoms with E-state index < -0.39 is 0 Å². The smallest absolute Gasteiger partial charge is 0.102 e. The molecule has 0 N–H and O–H groups in total. The molecule has 1 aliphatic rings. The number of nitrogens with zero attached hydrogens (tertiary/aromatic N) is 1. The second kappa shape index (κ2) is 6.19. The van der Waals surface area contributed by atoms with Gasteiger partial charge >= 0.3 is 0 Å². The molecule has 0 aromatic carbocycles. The first-order valence-corrected chi connectivity index (χ1v) is 7.21. The maximum Gasteiger partial charge on any atom is 0.102 e. The van der Waals surface area contributed by atoms with Gasteiger partial charge in [-0.25, -0.2) is 0 Å². The van der Waals surface area contributed by atoms with Gasteiger partial charge in [-0.05, 0) is 30.6 Å². The maximum atomic E-state index is 6.19. The fraction of sp³-hybridized carbons (Fsp3) is 1.00. The van der Waals surface area contributed by atoms with Crippen LogP contribution >= 0.6 is 0 Å². The average molecular weight is 242 g/mol. The molecule has 1 aliphatic carbocycles. The van der Waals surface area contributed by atoms with Crippen LogP contribution in [0.5, 0.6) is 0 Å². The molecule has 102 valence electrons. The third kappa shape index (κ3) is 5.39. The summed E-state index contributed by atoms with van der Waals surface area (Å²) in [6, 6.07) is 0. The Balaban J connectivity index is 2.41. The van der Waals surface area contributed by atoms with E-state index in [1.54, 1.807) is 0 Å². The zero-order chi connectivity index (χ0) is 13.1. The van der Waals surface area contributed by atoms with Crippen LogP contribution in [0.2, 0.25) is 0 Å². The van der Waals surface area contributed by atoms with Gasteiger partial charge in [0.25, 0.3) is 0 Å². The zero-order valence-electron chi connectivity index (χ0n) is 12.7. The number of hydrogen-bond donors (Lipinski definition) is 0. The van der Waals surface area contributed by atoms with Crippen molar-refractivity contribution in [1.82, 2.24) is 0 Å². The first-order valence-electron chi connectivity index (χ1n) is 7.21. The van der Waals surface area contributed by atoms with E-state index in [-0.39, 0.29) is 0 Å². The van der Waals surface area contributed by atoms with Crippen LogP contribution in [0.15, 0.2) is 0 Å². The summed E-state index contributed by atoms with van der Waals surface area (Å²) in [7, 11) is 6.69. The molecule has 17 heavy (non-hydrogen) atoms. The summed E-state index contributed by atoms with van der Waals surface area (Å²) in [5, 5.41) is 0. The number of ether oxygens (including phenoxy) is 1. The summed E-state index contributed by atoms with van der Waals surface area (Å²) >= 11 is 0. The SMILES string of the molecule is CC(C)[C@H]1CC[C@@H](C)C[C@H]1OCC[N+](C)(C)C. The lowest BCUT2D eigenvalue weighted by Gasteiger charge is -2.37. The Bertz CT molecular complexity index is 219. The lowest BCUT2D eigenvalue weighted by molar-refractivity contribution is -0.870. The topological polar surface area (TPSA) is 9.23 Å². The largest absolute Gasteiger partial charge is 0.372 e. The van der Waals surface area contributed by atoms with Crippen molar-refractivity contribution < 1.29 is 9.22 Å². The number of hydrogen-bond acceptors (Lipinski definition) is 1. The minimum atomic E-state index is 0.505. The molecule has 0 aromatic heterocycles. The summed E-state index contributed by atoms with van der Waals surface area (Å²) in [5.41, 5.74) is 0. The summed E-state index contributed by atoms with van der Waals surface area (Å²) in [5.74, 6) is 2.38. The van der Waals surface area contributed by atoms with Crippen LogP contribution in [0.4, 0.5) is 0 Å². The van der Waals surface area contributed by atoms with E-state index in [1.165, 1.54) is 19.3 Å². The molecule has 0 aromatic rings. The molecule has 3 atom stereocenters. The zero-order valence-corrected chi connectivity index (χ0v) is 12.7. The number of likely N-dealkylation sites (N-methyl/N-ethyl adjacent to an activating group) is 1. The standard InChI is InChI=1S/C15H32NO/c1-12(2)14-8-7-13(3)11-15(14)17-10-9-16(4,5)6/h12-15H,7-11H2,1-6H3/q+1/t13-,14-,15-/m1/s1. The maximum absolute atomic E-state index is 6.19. The monoisotopic (exact) mass is 242 g/mol. The van der Waals surface area contributed by atoms with Gasteiger partial charge in [-0.3, -0.25) is 0 Å². The fourth-order valence-electron chi connectivity index (χ4n) is 2.78. The Hall–Kier alpha value is -0.0800. The van der Waals surface area contributed by atoms with Crippen LogP contribution in [0.3, 0.4) is 0 Å². The van der Waals surface area contributed by atoms with E-state index in [9.17, 15) is 0 Å². The Morgan fingerprint density at radius 3 is 2.35 bits per heavy atom. The van der Waals surface area contributed by atoms with Gasteiger partial charge in [0.2, 0.25) is 0 Å². The highest BCUT2D eigenvalue weighted by Gasteiger charge is 2.31. The first kappa shape index (κ1) is 15.0. The van der Waals surface area contributed by atoms with Crippen LogP contribution in [-0.2, 0) is 4.74 Å². The number of rotatable bonds is 5. The van der Waals surface area contributed by atoms with Crippen molar-refractivity contribution in [3.05, 3.63) is 0 Å². The van der Waals surface area contributed by atoms with E-state index in [2.05, 4.69) is 41.9 Å². The molecule has 1 saturated carbocycles. The van der Waals surface area contributed by atoms with Crippen molar-refractivity contribution in [2.75, 3.05) is 34.3 Å². The van der Waals surface area contributed by atoms with Crippen molar-refractivity contribution in [2.45, 2.75) is 46.1 Å². The van der Waals surface area contributed by atoms with E-state index in [4.69, 9.17) is 4.74 Å². The third-order valence-electron chi connectivity index (χ3n) is 4.06. The predicted octanol–water partition coefficient (Wildman–Crippen LogP) is 3.17. The van der Waals surface area contributed by atoms with Crippen LogP contribution in [0, 0.1) is 17.8 Å². The molecule has 0 radical (unpaired) electrons. The van der Waals surface area contributed by atoms with Crippen LogP contribution in [0.1, 0.15) is 40.0 Å². The first-order chi connectivity index (χ1) is 7.79. The van der Waals surface area contributed by atoms with Gasteiger partial charge in [-0.15, -0.1) is 0 Å². The van der Waals surface area contributed by atoms with Crippen LogP contribution in [0.25, 0.3) is 0 Å². The molecule has 0 amide bonds. The Morgan fingerprint density at radius 2 is 1.82 bits per heavy atom. The van der Waals surface area contributed by atoms with Gasteiger partial charge < -0.3 is 9.22 Å². The van der Waals surface area contributed by atoms with Crippen molar-refractivity contribution >= 4 is 0 Å². The van der Waals surface area contributed by atoms with Crippen molar-refractivity contribution in [2.24, 2.45) is 17.8 Å². The molecule has 0 bridgehead atoms. The lowest BCUT2D eigenvalue weighted by atomic mass is 9.75. The van der Waals surface area contributed by atoms with Gasteiger partial charge in [0.15, 0.2) is 0 Å². The lowest BCUT2D eigenvalue weighted by Crippen LogP contribution is -2.40. The molecule has 1 fully saturated rings. The van der Waals surface area contributed by atoms with E-state index >= 15 is 0 Å². The van der Waals surface area contributed by atoms with Gasteiger partial charge in [0.1, 0.15) is 6.54 Å². The van der Waals surface area contributed by atoms with Crippen LogP contribution in [-0.4, -0.2) is 44.9 Å². The van der Waals surface area contributed by atoms with Crippen molar-refractivity contribution in [1.29, 1.82) is 0 Å². The molecule has 0 unspecified atom stereocenters. The summed E-state index contributed by atoms with van der Waals surface area (Å²) < 4.78 is 7.18. The molecule has 2 heteroatoms. The van der Waals surface area contributed by atoms with E-state index in [0.717, 1.165) is 35.4 Å². The Morgan fingerprint density at radius 1 is 1.18 bits per heavy atom. The third-order valence-corrected chi connectivity index (χ3v) is 4.06. The molecular weight excluding hydrogens is 210 g/mol. The Kier molecular flexibility index (Phi) is 5.46. The summed E-state index contributed by atoms with van der Waals surface area (Å²) in [6.45, 7) is 9.07. The predicted molar refractivity (Wildman–Crippen MR) is 74.0 cm³/mol. The van der Waals surface area contributed by atoms with Gasteiger partial charge in [-0.1, -0.05) is 27.2 Å². The minimum Gasteiger partial charge on any atom is -0.372 e. The van der Waals surface area contributed by atoms with Gasteiger partial charge in [-0.2, -0.15) is 0 Å². The van der Waals surface area contributed by atoms with Gasteiger partial charge in [0.05, 0.1) is 33.9 Å². The molecule has 0 aliphatic heterocycles. The van der Waals surface area contributed by atoms with Gasteiger partial charge in [0, 0.05) is 0 Å². The second-order valence-corrected chi connectivity index (χ2v) is 7.25. The number of quaternary nitrogens is 1. The highest BCUT2D eigenvalue weighted by molar-refractivity contribution is 4.81. The van der Waals surface area contributed by atoms with Crippen LogP contribution < -0.4 is 0 Å². The molecular formula is C15H32NO+. The molecule has 1 rings (SSSR count). The average Bonchev–Trinajstić information content (AvgIpc) is 2.15. The summed E-state index contributed by atoms with van der Waals surface area (Å²) in [6.07, 6.45) is 4.51. The van der Waals surface area contributed by atoms with E-state index in [1.807, 2.05) is 0 Å². The highest BCUT2D eigenvalue weighted by Crippen LogP contribution is 2.35. The molecule has 0 saturated heterocycles. The minimum absolute atomic E-state index is 0.505. The van der Waals surface area contributed by atoms with Crippen molar-refractivity contribution in [3.63, 3.8) is 0 Å². The quantitative estimate of drug-likeness (QED) is 0.673.